The summed E-state index contributed by atoms with van der Waals surface area (Å²) >= 11 is 0. The topological polar surface area (TPSA) is 58.5 Å². The first-order valence-electron chi connectivity index (χ1n) is 6.20. The lowest BCUT2D eigenvalue weighted by atomic mass is 10.3. The molecule has 5 heteroatoms. The van der Waals surface area contributed by atoms with Gasteiger partial charge in [-0.3, -0.25) is 4.98 Å². The number of methoxy groups -OCH3 is 1. The highest BCUT2D eigenvalue weighted by atomic mass is 16.5. The number of nitrogens with zero attached hydrogens (tertiary/aromatic N) is 2. The smallest absolute Gasteiger partial charge is 0.191 e. The van der Waals surface area contributed by atoms with E-state index in [1.54, 1.807) is 13.3 Å². The standard InChI is InChI=1S/C13H22N4O/c1-4-14-13(17-11(2)10-18-3)16-9-12-7-5-6-8-15-12/h5-8,11H,4,9-10H2,1-3H3,(H2,14,16,17). The van der Waals surface area contributed by atoms with Crippen LogP contribution in [-0.2, 0) is 11.3 Å². The Bertz CT molecular complexity index is 353. The summed E-state index contributed by atoms with van der Waals surface area (Å²) in [7, 11) is 1.69. The van der Waals surface area contributed by atoms with Crippen molar-refractivity contribution in [1.29, 1.82) is 0 Å². The number of aromatic nitrogens is 1. The van der Waals surface area contributed by atoms with E-state index in [0.717, 1.165) is 18.2 Å². The normalized spacial score (nSPS) is 13.2. The van der Waals surface area contributed by atoms with Gasteiger partial charge in [-0.1, -0.05) is 6.07 Å². The predicted molar refractivity (Wildman–Crippen MR) is 73.5 cm³/mol. The molecule has 5 nitrogen and oxygen atoms in total. The Balaban J connectivity index is 2.55. The van der Waals surface area contributed by atoms with Gasteiger partial charge in [-0.25, -0.2) is 4.99 Å². The van der Waals surface area contributed by atoms with Gasteiger partial charge in [0.05, 0.1) is 18.8 Å². The summed E-state index contributed by atoms with van der Waals surface area (Å²) in [6.07, 6.45) is 1.78. The average molecular weight is 250 g/mol. The van der Waals surface area contributed by atoms with Crippen LogP contribution in [0.25, 0.3) is 0 Å². The van der Waals surface area contributed by atoms with E-state index in [4.69, 9.17) is 4.74 Å². The molecule has 1 rings (SSSR count). The molecule has 1 heterocycles. The molecule has 0 aliphatic heterocycles. The van der Waals surface area contributed by atoms with Crippen LogP contribution < -0.4 is 10.6 Å². The molecule has 0 aliphatic carbocycles. The van der Waals surface area contributed by atoms with E-state index in [1.807, 2.05) is 25.1 Å². The molecule has 0 fully saturated rings. The molecule has 0 radical (unpaired) electrons. The van der Waals surface area contributed by atoms with Crippen LogP contribution >= 0.6 is 0 Å². The Hall–Kier alpha value is -1.62. The monoisotopic (exact) mass is 250 g/mol. The van der Waals surface area contributed by atoms with E-state index >= 15 is 0 Å². The molecule has 0 spiro atoms. The van der Waals surface area contributed by atoms with E-state index < -0.39 is 0 Å². The molecule has 18 heavy (non-hydrogen) atoms. The number of aliphatic imine (C=N–C) groups is 1. The van der Waals surface area contributed by atoms with Crippen molar-refractivity contribution in [3.8, 4) is 0 Å². The maximum Gasteiger partial charge on any atom is 0.191 e. The van der Waals surface area contributed by atoms with Crippen molar-refractivity contribution in [3.05, 3.63) is 30.1 Å². The highest BCUT2D eigenvalue weighted by Crippen LogP contribution is 1.95. The summed E-state index contributed by atoms with van der Waals surface area (Å²) in [6.45, 7) is 6.13. The van der Waals surface area contributed by atoms with Crippen LogP contribution in [0.1, 0.15) is 19.5 Å². The van der Waals surface area contributed by atoms with Crippen molar-refractivity contribution >= 4 is 5.96 Å². The van der Waals surface area contributed by atoms with Gasteiger partial charge in [-0.2, -0.15) is 0 Å². The van der Waals surface area contributed by atoms with E-state index in [-0.39, 0.29) is 6.04 Å². The molecule has 100 valence electrons. The Morgan fingerprint density at radius 3 is 2.94 bits per heavy atom. The third-order valence-electron chi connectivity index (χ3n) is 2.27. The van der Waals surface area contributed by atoms with Crippen LogP contribution in [0.4, 0.5) is 0 Å². The zero-order valence-electron chi connectivity index (χ0n) is 11.3. The number of nitrogens with one attached hydrogen (secondary N) is 2. The highest BCUT2D eigenvalue weighted by molar-refractivity contribution is 5.80. The van der Waals surface area contributed by atoms with Gasteiger partial charge in [0.25, 0.3) is 0 Å². The summed E-state index contributed by atoms with van der Waals surface area (Å²) in [5.74, 6) is 0.785. The number of pyridine rings is 1. The molecular formula is C13H22N4O. The van der Waals surface area contributed by atoms with Crippen molar-refractivity contribution < 1.29 is 4.74 Å². The number of hydrogen-bond donors (Lipinski definition) is 2. The molecule has 2 N–H and O–H groups in total. The Kier molecular flexibility index (Phi) is 6.79. The molecule has 0 amide bonds. The lowest BCUT2D eigenvalue weighted by Crippen LogP contribution is -2.43. The first-order chi connectivity index (χ1) is 8.76. The first-order valence-corrected chi connectivity index (χ1v) is 6.20. The maximum absolute atomic E-state index is 5.09. The average Bonchev–Trinajstić information content (AvgIpc) is 2.38. The third-order valence-corrected chi connectivity index (χ3v) is 2.27. The van der Waals surface area contributed by atoms with Gasteiger partial charge in [0, 0.05) is 25.9 Å². The summed E-state index contributed by atoms with van der Waals surface area (Å²) < 4.78 is 5.09. The zero-order chi connectivity index (χ0) is 13.2. The van der Waals surface area contributed by atoms with Crippen molar-refractivity contribution in [2.75, 3.05) is 20.3 Å². The minimum atomic E-state index is 0.219. The van der Waals surface area contributed by atoms with Crippen LogP contribution in [0.15, 0.2) is 29.4 Å². The van der Waals surface area contributed by atoms with Crippen LogP contribution in [0.3, 0.4) is 0 Å². The van der Waals surface area contributed by atoms with E-state index in [0.29, 0.717) is 13.2 Å². The number of rotatable bonds is 6. The van der Waals surface area contributed by atoms with Gasteiger partial charge in [-0.05, 0) is 26.0 Å². The molecule has 0 saturated heterocycles. The van der Waals surface area contributed by atoms with Crippen molar-refractivity contribution in [1.82, 2.24) is 15.6 Å². The summed E-state index contributed by atoms with van der Waals surface area (Å²) in [4.78, 5) is 8.72. The second-order valence-electron chi connectivity index (χ2n) is 4.02. The largest absolute Gasteiger partial charge is 0.383 e. The first kappa shape index (κ1) is 14.4. The van der Waals surface area contributed by atoms with E-state index in [1.165, 1.54) is 0 Å². The minimum absolute atomic E-state index is 0.219. The van der Waals surface area contributed by atoms with Gasteiger partial charge in [0.2, 0.25) is 0 Å². The lowest BCUT2D eigenvalue weighted by Gasteiger charge is -2.16. The van der Waals surface area contributed by atoms with Crippen LogP contribution in [-0.4, -0.2) is 37.2 Å². The fraction of sp³-hybridized carbons (Fsp3) is 0.538. The van der Waals surface area contributed by atoms with Gasteiger partial charge in [0.1, 0.15) is 0 Å². The van der Waals surface area contributed by atoms with Crippen molar-refractivity contribution in [3.63, 3.8) is 0 Å². The molecule has 1 aromatic rings. The molecule has 0 aromatic carbocycles. The molecule has 0 bridgehead atoms. The quantitative estimate of drug-likeness (QED) is 0.588. The second-order valence-corrected chi connectivity index (χ2v) is 4.02. The Labute approximate surface area is 109 Å². The molecule has 1 unspecified atom stereocenters. The molecular weight excluding hydrogens is 228 g/mol. The van der Waals surface area contributed by atoms with Crippen molar-refractivity contribution in [2.45, 2.75) is 26.4 Å². The fourth-order valence-corrected chi connectivity index (χ4v) is 1.50. The van der Waals surface area contributed by atoms with Gasteiger partial charge in [-0.15, -0.1) is 0 Å². The van der Waals surface area contributed by atoms with Gasteiger partial charge >= 0.3 is 0 Å². The minimum Gasteiger partial charge on any atom is -0.383 e. The summed E-state index contributed by atoms with van der Waals surface area (Å²) in [5, 5.41) is 6.47. The van der Waals surface area contributed by atoms with E-state index in [9.17, 15) is 0 Å². The number of hydrogen-bond acceptors (Lipinski definition) is 3. The third kappa shape index (κ3) is 5.63. The van der Waals surface area contributed by atoms with E-state index in [2.05, 4.69) is 27.5 Å². The van der Waals surface area contributed by atoms with Crippen LogP contribution in [0, 0.1) is 0 Å². The number of ether oxygens (including phenoxy) is 1. The van der Waals surface area contributed by atoms with Crippen molar-refractivity contribution in [2.24, 2.45) is 4.99 Å². The molecule has 0 saturated carbocycles. The second kappa shape index (κ2) is 8.47. The predicted octanol–water partition coefficient (Wildman–Crippen LogP) is 1.17. The SMILES string of the molecule is CCNC(=NCc1ccccn1)NC(C)COC. The fourth-order valence-electron chi connectivity index (χ4n) is 1.50. The Morgan fingerprint density at radius 1 is 1.50 bits per heavy atom. The van der Waals surface area contributed by atoms with Gasteiger partial charge in [0.15, 0.2) is 5.96 Å². The highest BCUT2D eigenvalue weighted by Gasteiger charge is 2.04. The zero-order valence-corrected chi connectivity index (χ0v) is 11.3. The van der Waals surface area contributed by atoms with Crippen LogP contribution in [0.5, 0.6) is 0 Å². The lowest BCUT2D eigenvalue weighted by molar-refractivity contribution is 0.179. The molecule has 0 aliphatic rings. The summed E-state index contributed by atoms with van der Waals surface area (Å²) in [6, 6.07) is 6.05. The Morgan fingerprint density at radius 2 is 2.33 bits per heavy atom. The molecule has 1 aromatic heterocycles. The molecule has 1 atom stereocenters. The van der Waals surface area contributed by atoms with Gasteiger partial charge < -0.3 is 15.4 Å². The number of guanidine groups is 1. The summed E-state index contributed by atoms with van der Waals surface area (Å²) in [5.41, 5.74) is 0.953. The van der Waals surface area contributed by atoms with Crippen LogP contribution in [0.2, 0.25) is 0 Å². The maximum atomic E-state index is 5.09.